The van der Waals surface area contributed by atoms with Gasteiger partial charge in [-0.05, 0) is 17.7 Å². The lowest BCUT2D eigenvalue weighted by atomic mass is 9.92. The number of nitriles is 1. The van der Waals surface area contributed by atoms with Crippen molar-refractivity contribution in [2.75, 3.05) is 0 Å². The number of nitrogens with zero attached hydrogens (tertiary/aromatic N) is 1. The van der Waals surface area contributed by atoms with Crippen LogP contribution in [-0.2, 0) is 0 Å². The van der Waals surface area contributed by atoms with E-state index in [0.29, 0.717) is 5.56 Å². The van der Waals surface area contributed by atoms with E-state index in [1.54, 1.807) is 36.4 Å². The summed E-state index contributed by atoms with van der Waals surface area (Å²) in [6.45, 7) is 0. The molecule has 0 aliphatic heterocycles. The number of benzene rings is 2. The van der Waals surface area contributed by atoms with Crippen LogP contribution in [0.15, 0.2) is 59.1 Å². The van der Waals surface area contributed by atoms with Gasteiger partial charge in [-0.25, -0.2) is 0 Å². The Morgan fingerprint density at radius 3 is 2.22 bits per heavy atom. The Bertz CT molecular complexity index is 584. The molecule has 0 aromatic heterocycles. The summed E-state index contributed by atoms with van der Waals surface area (Å²) < 4.78 is 0.910. The molecule has 0 aliphatic rings. The van der Waals surface area contributed by atoms with Gasteiger partial charge in [0.2, 0.25) is 0 Å². The van der Waals surface area contributed by atoms with E-state index in [-0.39, 0.29) is 5.78 Å². The minimum absolute atomic E-state index is 0.170. The van der Waals surface area contributed by atoms with Crippen LogP contribution in [0.1, 0.15) is 21.8 Å². The van der Waals surface area contributed by atoms with Crippen LogP contribution in [0.3, 0.4) is 0 Å². The highest BCUT2D eigenvalue weighted by molar-refractivity contribution is 9.10. The van der Waals surface area contributed by atoms with Crippen LogP contribution < -0.4 is 0 Å². The molecule has 2 aromatic rings. The van der Waals surface area contributed by atoms with Crippen LogP contribution >= 0.6 is 15.9 Å². The van der Waals surface area contributed by atoms with Crippen molar-refractivity contribution in [1.29, 1.82) is 5.26 Å². The molecule has 0 amide bonds. The summed E-state index contributed by atoms with van der Waals surface area (Å²) in [5.74, 6) is -0.913. The van der Waals surface area contributed by atoms with Crippen molar-refractivity contribution in [1.82, 2.24) is 0 Å². The molecular formula is C15H10BrNO. The summed E-state index contributed by atoms with van der Waals surface area (Å²) in [5.41, 5.74) is 1.28. The summed E-state index contributed by atoms with van der Waals surface area (Å²) in [7, 11) is 0. The fraction of sp³-hybridized carbons (Fsp3) is 0.0667. The molecule has 0 bridgehead atoms. The number of hydrogen-bond donors (Lipinski definition) is 0. The third-order valence-corrected chi connectivity index (χ3v) is 3.18. The summed E-state index contributed by atoms with van der Waals surface area (Å²) in [5, 5.41) is 9.19. The number of hydrogen-bond acceptors (Lipinski definition) is 2. The Morgan fingerprint density at radius 2 is 1.67 bits per heavy atom. The average molecular weight is 300 g/mol. The topological polar surface area (TPSA) is 40.9 Å². The molecule has 3 heteroatoms. The quantitative estimate of drug-likeness (QED) is 0.806. The number of carbonyl (C=O) groups is 1. The predicted octanol–water partition coefficient (Wildman–Crippen LogP) is 3.94. The SMILES string of the molecule is N#C[C@@H](C(=O)c1ccc(Br)cc1)c1ccccc1. The van der Waals surface area contributed by atoms with Crippen LogP contribution in [0.2, 0.25) is 0 Å². The second-order valence-corrected chi connectivity index (χ2v) is 4.76. The van der Waals surface area contributed by atoms with Gasteiger partial charge < -0.3 is 0 Å². The van der Waals surface area contributed by atoms with Gasteiger partial charge in [0.1, 0.15) is 5.92 Å². The molecule has 0 spiro atoms. The van der Waals surface area contributed by atoms with Gasteiger partial charge in [0, 0.05) is 10.0 Å². The predicted molar refractivity (Wildman–Crippen MR) is 73.3 cm³/mol. The molecule has 0 fully saturated rings. The zero-order valence-electron chi connectivity index (χ0n) is 9.51. The summed E-state index contributed by atoms with van der Waals surface area (Å²) in [4.78, 5) is 12.2. The normalized spacial score (nSPS) is 11.6. The summed E-state index contributed by atoms with van der Waals surface area (Å²) in [6.07, 6.45) is 0. The molecular weight excluding hydrogens is 290 g/mol. The lowest BCUT2D eigenvalue weighted by Gasteiger charge is -2.08. The maximum Gasteiger partial charge on any atom is 0.184 e. The zero-order chi connectivity index (χ0) is 13.0. The van der Waals surface area contributed by atoms with Crippen molar-refractivity contribution in [2.24, 2.45) is 0 Å². The number of rotatable bonds is 3. The average Bonchev–Trinajstić information content (AvgIpc) is 2.41. The largest absolute Gasteiger partial charge is 0.292 e. The van der Waals surface area contributed by atoms with Crippen LogP contribution in [0.5, 0.6) is 0 Å². The Kier molecular flexibility index (Phi) is 3.91. The van der Waals surface area contributed by atoms with Gasteiger partial charge in [0.05, 0.1) is 6.07 Å². The highest BCUT2D eigenvalue weighted by Crippen LogP contribution is 2.21. The van der Waals surface area contributed by atoms with Gasteiger partial charge in [-0.2, -0.15) is 5.26 Å². The van der Waals surface area contributed by atoms with Crippen LogP contribution in [0, 0.1) is 11.3 Å². The molecule has 0 N–H and O–H groups in total. The third kappa shape index (κ3) is 2.66. The van der Waals surface area contributed by atoms with Gasteiger partial charge in [-0.3, -0.25) is 4.79 Å². The molecule has 0 radical (unpaired) electrons. The second-order valence-electron chi connectivity index (χ2n) is 3.84. The lowest BCUT2D eigenvalue weighted by molar-refractivity contribution is 0.0979. The number of carbonyl (C=O) groups excluding carboxylic acids is 1. The first-order valence-corrected chi connectivity index (χ1v) is 6.26. The first-order valence-electron chi connectivity index (χ1n) is 5.46. The van der Waals surface area contributed by atoms with Crippen LogP contribution in [0.4, 0.5) is 0 Å². The fourth-order valence-corrected chi connectivity index (χ4v) is 1.98. The Labute approximate surface area is 114 Å². The second kappa shape index (κ2) is 5.61. The Hall–Kier alpha value is -1.92. The lowest BCUT2D eigenvalue weighted by Crippen LogP contribution is -2.11. The highest BCUT2D eigenvalue weighted by atomic mass is 79.9. The maximum atomic E-state index is 12.2. The van der Waals surface area contributed by atoms with Crippen molar-refractivity contribution >= 4 is 21.7 Å². The van der Waals surface area contributed by atoms with Crippen LogP contribution in [0.25, 0.3) is 0 Å². The molecule has 2 rings (SSSR count). The van der Waals surface area contributed by atoms with E-state index in [4.69, 9.17) is 0 Å². The zero-order valence-corrected chi connectivity index (χ0v) is 11.1. The van der Waals surface area contributed by atoms with Crippen molar-refractivity contribution in [2.45, 2.75) is 5.92 Å². The summed E-state index contributed by atoms with van der Waals surface area (Å²) >= 11 is 3.32. The van der Waals surface area contributed by atoms with E-state index in [1.807, 2.05) is 18.2 Å². The Balaban J connectivity index is 2.32. The maximum absolute atomic E-state index is 12.2. The Morgan fingerprint density at radius 1 is 1.06 bits per heavy atom. The van der Waals surface area contributed by atoms with Crippen molar-refractivity contribution in [3.8, 4) is 6.07 Å². The number of halogens is 1. The van der Waals surface area contributed by atoms with E-state index in [2.05, 4.69) is 22.0 Å². The van der Waals surface area contributed by atoms with E-state index < -0.39 is 5.92 Å². The van der Waals surface area contributed by atoms with Crippen molar-refractivity contribution in [3.05, 3.63) is 70.2 Å². The molecule has 1 atom stereocenters. The van der Waals surface area contributed by atoms with Gasteiger partial charge in [0.15, 0.2) is 5.78 Å². The fourth-order valence-electron chi connectivity index (χ4n) is 1.71. The molecule has 18 heavy (non-hydrogen) atoms. The summed E-state index contributed by atoms with van der Waals surface area (Å²) in [6, 6.07) is 18.2. The highest BCUT2D eigenvalue weighted by Gasteiger charge is 2.21. The molecule has 0 saturated heterocycles. The van der Waals surface area contributed by atoms with Crippen molar-refractivity contribution in [3.63, 3.8) is 0 Å². The minimum atomic E-state index is -0.743. The standard InChI is InChI=1S/C15H10BrNO/c16-13-8-6-12(7-9-13)15(18)14(10-17)11-4-2-1-3-5-11/h1-9,14H/t14-/m1/s1. The van der Waals surface area contributed by atoms with Gasteiger partial charge in [0.25, 0.3) is 0 Å². The monoisotopic (exact) mass is 299 g/mol. The molecule has 0 aliphatic carbocycles. The van der Waals surface area contributed by atoms with E-state index in [0.717, 1.165) is 10.0 Å². The number of ketones is 1. The first kappa shape index (κ1) is 12.5. The third-order valence-electron chi connectivity index (χ3n) is 2.65. The smallest absolute Gasteiger partial charge is 0.184 e. The van der Waals surface area contributed by atoms with Crippen molar-refractivity contribution < 1.29 is 4.79 Å². The van der Waals surface area contributed by atoms with Gasteiger partial charge in [-0.15, -0.1) is 0 Å². The van der Waals surface area contributed by atoms with E-state index in [1.165, 1.54) is 0 Å². The first-order chi connectivity index (χ1) is 8.72. The molecule has 0 saturated carbocycles. The molecule has 0 heterocycles. The van der Waals surface area contributed by atoms with E-state index in [9.17, 15) is 10.1 Å². The number of Topliss-reactive ketones (excluding diaryl/α,β-unsaturated/α-hetero) is 1. The molecule has 2 aromatic carbocycles. The minimum Gasteiger partial charge on any atom is -0.292 e. The van der Waals surface area contributed by atoms with E-state index >= 15 is 0 Å². The van der Waals surface area contributed by atoms with Crippen LogP contribution in [-0.4, -0.2) is 5.78 Å². The molecule has 88 valence electrons. The van der Waals surface area contributed by atoms with Gasteiger partial charge >= 0.3 is 0 Å². The molecule has 2 nitrogen and oxygen atoms in total. The van der Waals surface area contributed by atoms with Gasteiger partial charge in [-0.1, -0.05) is 58.4 Å². The molecule has 0 unspecified atom stereocenters.